The number of ether oxygens (including phenoxy) is 1. The van der Waals surface area contributed by atoms with Crippen LogP contribution in [0.2, 0.25) is 0 Å². The van der Waals surface area contributed by atoms with Crippen LogP contribution < -0.4 is 11.1 Å². The van der Waals surface area contributed by atoms with E-state index in [2.05, 4.69) is 36.6 Å². The van der Waals surface area contributed by atoms with Crippen LogP contribution in [0.15, 0.2) is 24.3 Å². The maximum absolute atomic E-state index is 5.45. The molecule has 4 heteroatoms. The molecule has 82 valence electrons. The monoisotopic (exact) mass is 224 g/mol. The van der Waals surface area contributed by atoms with Crippen LogP contribution in [-0.4, -0.2) is 18.3 Å². The summed E-state index contributed by atoms with van der Waals surface area (Å²) in [7, 11) is 0. The maximum Gasteiger partial charge on any atom is 0.163 e. The van der Waals surface area contributed by atoms with Crippen molar-refractivity contribution in [1.29, 1.82) is 0 Å². The number of nitrogens with two attached hydrogens (primary N) is 1. The molecular weight excluding hydrogens is 208 g/mol. The Hall–Kier alpha value is -1.13. The fourth-order valence-corrected chi connectivity index (χ4v) is 1.34. The highest BCUT2D eigenvalue weighted by molar-refractivity contribution is 7.80. The Morgan fingerprint density at radius 1 is 1.53 bits per heavy atom. The Balaban J connectivity index is 2.17. The van der Waals surface area contributed by atoms with E-state index in [-0.39, 0.29) is 0 Å². The van der Waals surface area contributed by atoms with Gasteiger partial charge in [-0.1, -0.05) is 29.8 Å². The molecule has 0 radical (unpaired) electrons. The molecule has 0 saturated carbocycles. The van der Waals surface area contributed by atoms with E-state index >= 15 is 0 Å². The fourth-order valence-electron chi connectivity index (χ4n) is 1.24. The Morgan fingerprint density at radius 2 is 2.33 bits per heavy atom. The molecule has 0 aliphatic carbocycles. The van der Waals surface area contributed by atoms with Gasteiger partial charge in [-0.15, -0.1) is 0 Å². The lowest BCUT2D eigenvalue weighted by molar-refractivity contribution is 0.125. The normalized spacial score (nSPS) is 9.93. The number of thiocarbonyl (C=S) groups is 1. The highest BCUT2D eigenvalue weighted by Crippen LogP contribution is 2.04. The predicted molar refractivity (Wildman–Crippen MR) is 65.6 cm³/mol. The van der Waals surface area contributed by atoms with Crippen molar-refractivity contribution in [2.45, 2.75) is 13.5 Å². The molecule has 0 unspecified atom stereocenters. The van der Waals surface area contributed by atoms with Crippen LogP contribution in [0.5, 0.6) is 0 Å². The standard InChI is InChI=1S/C11H16N2OS/c1-9-3-2-4-10(7-9)8-14-6-5-13-11(12)15/h2-4,7H,5-6,8H2,1H3,(H3,12,13,15). The maximum atomic E-state index is 5.45. The largest absolute Gasteiger partial charge is 0.376 e. The summed E-state index contributed by atoms with van der Waals surface area (Å²) in [5, 5.41) is 3.14. The average Bonchev–Trinajstić information content (AvgIpc) is 2.17. The molecule has 1 aromatic rings. The molecule has 3 N–H and O–H groups in total. The summed E-state index contributed by atoms with van der Waals surface area (Å²) < 4.78 is 5.45. The molecule has 0 spiro atoms. The minimum absolute atomic E-state index is 0.314. The molecule has 0 aliphatic rings. The van der Waals surface area contributed by atoms with Gasteiger partial charge in [-0.2, -0.15) is 0 Å². The van der Waals surface area contributed by atoms with Gasteiger partial charge in [0, 0.05) is 6.54 Å². The summed E-state index contributed by atoms with van der Waals surface area (Å²) in [5.41, 5.74) is 7.70. The number of rotatable bonds is 5. The third-order valence-corrected chi connectivity index (χ3v) is 2.04. The topological polar surface area (TPSA) is 47.3 Å². The van der Waals surface area contributed by atoms with Gasteiger partial charge >= 0.3 is 0 Å². The van der Waals surface area contributed by atoms with Crippen LogP contribution in [0.4, 0.5) is 0 Å². The molecule has 1 rings (SSSR count). The molecular formula is C11H16N2OS. The van der Waals surface area contributed by atoms with Gasteiger partial charge in [0.1, 0.15) is 0 Å². The Bertz CT molecular complexity index is 328. The predicted octanol–water partition coefficient (Wildman–Crippen LogP) is 1.34. The molecule has 0 saturated heterocycles. The molecule has 0 bridgehead atoms. The molecule has 0 heterocycles. The zero-order valence-electron chi connectivity index (χ0n) is 8.82. The van der Waals surface area contributed by atoms with Crippen LogP contribution in [-0.2, 0) is 11.3 Å². The van der Waals surface area contributed by atoms with E-state index in [4.69, 9.17) is 10.5 Å². The van der Waals surface area contributed by atoms with Crippen molar-refractivity contribution >= 4 is 17.3 Å². The van der Waals surface area contributed by atoms with Crippen LogP contribution in [0, 0.1) is 6.92 Å². The van der Waals surface area contributed by atoms with E-state index in [1.54, 1.807) is 0 Å². The van der Waals surface area contributed by atoms with Gasteiger partial charge in [0.2, 0.25) is 0 Å². The van der Waals surface area contributed by atoms with Gasteiger partial charge in [-0.25, -0.2) is 0 Å². The average molecular weight is 224 g/mol. The Kier molecular flexibility index (Phi) is 5.07. The minimum Gasteiger partial charge on any atom is -0.376 e. The van der Waals surface area contributed by atoms with Gasteiger partial charge in [-0.3, -0.25) is 0 Å². The van der Waals surface area contributed by atoms with Crippen LogP contribution in [0.25, 0.3) is 0 Å². The van der Waals surface area contributed by atoms with E-state index in [9.17, 15) is 0 Å². The van der Waals surface area contributed by atoms with E-state index in [1.165, 1.54) is 11.1 Å². The first kappa shape index (κ1) is 11.9. The summed E-state index contributed by atoms with van der Waals surface area (Å²) in [6, 6.07) is 8.26. The Labute approximate surface area is 95.6 Å². The summed E-state index contributed by atoms with van der Waals surface area (Å²) >= 11 is 4.67. The first-order chi connectivity index (χ1) is 7.18. The highest BCUT2D eigenvalue weighted by Gasteiger charge is 1.93. The van der Waals surface area contributed by atoms with Crippen LogP contribution in [0.3, 0.4) is 0 Å². The van der Waals surface area contributed by atoms with Gasteiger partial charge in [0.25, 0.3) is 0 Å². The number of benzene rings is 1. The lowest BCUT2D eigenvalue weighted by Crippen LogP contribution is -2.31. The SMILES string of the molecule is Cc1cccc(COCCNC(N)=S)c1. The summed E-state index contributed by atoms with van der Waals surface area (Å²) in [5.74, 6) is 0. The second-order valence-corrected chi connectivity index (χ2v) is 3.77. The van der Waals surface area contributed by atoms with Gasteiger partial charge < -0.3 is 15.8 Å². The lowest BCUT2D eigenvalue weighted by atomic mass is 10.1. The molecule has 3 nitrogen and oxygen atoms in total. The summed E-state index contributed by atoms with van der Waals surface area (Å²) in [4.78, 5) is 0. The zero-order valence-corrected chi connectivity index (χ0v) is 9.64. The summed E-state index contributed by atoms with van der Waals surface area (Å²) in [6.07, 6.45) is 0. The summed E-state index contributed by atoms with van der Waals surface area (Å²) in [6.45, 7) is 3.95. The fraction of sp³-hybridized carbons (Fsp3) is 0.364. The van der Waals surface area contributed by atoms with Gasteiger partial charge in [0.15, 0.2) is 5.11 Å². The molecule has 0 aromatic heterocycles. The van der Waals surface area contributed by atoms with Crippen molar-refractivity contribution in [2.75, 3.05) is 13.2 Å². The van der Waals surface area contributed by atoms with E-state index in [1.807, 2.05) is 12.1 Å². The smallest absolute Gasteiger partial charge is 0.163 e. The third kappa shape index (κ3) is 5.34. The lowest BCUT2D eigenvalue weighted by Gasteiger charge is -2.06. The van der Waals surface area contributed by atoms with Crippen molar-refractivity contribution in [3.63, 3.8) is 0 Å². The number of aryl methyl sites for hydroxylation is 1. The van der Waals surface area contributed by atoms with E-state index in [0.29, 0.717) is 24.9 Å². The van der Waals surface area contributed by atoms with Crippen LogP contribution in [0.1, 0.15) is 11.1 Å². The molecule has 0 fully saturated rings. The Morgan fingerprint density at radius 3 is 3.00 bits per heavy atom. The number of hydrogen-bond acceptors (Lipinski definition) is 2. The molecule has 1 aromatic carbocycles. The second kappa shape index (κ2) is 6.37. The minimum atomic E-state index is 0.314. The van der Waals surface area contributed by atoms with Gasteiger partial charge in [-0.05, 0) is 24.7 Å². The second-order valence-electron chi connectivity index (χ2n) is 3.33. The van der Waals surface area contributed by atoms with E-state index < -0.39 is 0 Å². The molecule has 15 heavy (non-hydrogen) atoms. The van der Waals surface area contributed by atoms with Crippen LogP contribution >= 0.6 is 12.2 Å². The quantitative estimate of drug-likeness (QED) is 0.585. The van der Waals surface area contributed by atoms with Crippen molar-refractivity contribution in [3.05, 3.63) is 35.4 Å². The van der Waals surface area contributed by atoms with E-state index in [0.717, 1.165) is 0 Å². The number of hydrogen-bond donors (Lipinski definition) is 2. The molecule has 0 atom stereocenters. The zero-order chi connectivity index (χ0) is 11.1. The third-order valence-electron chi connectivity index (χ3n) is 1.90. The number of nitrogens with one attached hydrogen (secondary N) is 1. The van der Waals surface area contributed by atoms with Crippen molar-refractivity contribution < 1.29 is 4.74 Å². The van der Waals surface area contributed by atoms with Gasteiger partial charge in [0.05, 0.1) is 13.2 Å². The molecule has 0 amide bonds. The van der Waals surface area contributed by atoms with Crippen molar-refractivity contribution in [2.24, 2.45) is 5.73 Å². The molecule has 0 aliphatic heterocycles. The van der Waals surface area contributed by atoms with Crippen molar-refractivity contribution in [3.8, 4) is 0 Å². The highest BCUT2D eigenvalue weighted by atomic mass is 32.1. The first-order valence-corrected chi connectivity index (χ1v) is 5.26. The van der Waals surface area contributed by atoms with Crippen molar-refractivity contribution in [1.82, 2.24) is 5.32 Å². The first-order valence-electron chi connectivity index (χ1n) is 4.85.